The summed E-state index contributed by atoms with van der Waals surface area (Å²) in [6.45, 7) is 8.43. The zero-order chi connectivity index (χ0) is 18.9. The molecule has 138 valence electrons. The van der Waals surface area contributed by atoms with Crippen molar-refractivity contribution in [2.75, 3.05) is 0 Å². The van der Waals surface area contributed by atoms with Crippen molar-refractivity contribution in [1.29, 1.82) is 0 Å². The molecule has 0 saturated carbocycles. The summed E-state index contributed by atoms with van der Waals surface area (Å²) in [7, 11) is 0. The lowest BCUT2D eigenvalue weighted by Gasteiger charge is -2.10. The molecule has 0 spiro atoms. The van der Waals surface area contributed by atoms with Crippen LogP contribution < -0.4 is 0 Å². The van der Waals surface area contributed by atoms with Crippen LogP contribution in [0.2, 0.25) is 0 Å². The van der Waals surface area contributed by atoms with E-state index in [0.29, 0.717) is 6.42 Å². The molecule has 0 aromatic carbocycles. The van der Waals surface area contributed by atoms with Gasteiger partial charge in [-0.3, -0.25) is 9.59 Å². The normalized spacial score (nSPS) is 11.8. The summed E-state index contributed by atoms with van der Waals surface area (Å²) >= 11 is 0. The zero-order valence-corrected chi connectivity index (χ0v) is 15.7. The molecular weight excluding hydrogens is 316 g/mol. The van der Waals surface area contributed by atoms with E-state index in [4.69, 9.17) is 9.47 Å². The molecule has 0 aromatic rings. The third-order valence-electron chi connectivity index (χ3n) is 3.40. The molecule has 0 N–H and O–H groups in total. The molecule has 2 atom stereocenters. The summed E-state index contributed by atoms with van der Waals surface area (Å²) in [5.74, 6) is 10.0. The smallest absolute Gasteiger partial charge is 0.304 e. The maximum Gasteiger partial charge on any atom is 0.304 e. The van der Waals surface area contributed by atoms with Gasteiger partial charge in [-0.05, 0) is 42.6 Å². The van der Waals surface area contributed by atoms with Crippen molar-refractivity contribution in [3.63, 3.8) is 0 Å². The van der Waals surface area contributed by atoms with E-state index in [9.17, 15) is 9.59 Å². The van der Waals surface area contributed by atoms with Crippen LogP contribution in [0.15, 0.2) is 12.7 Å². The van der Waals surface area contributed by atoms with Crippen LogP contribution in [0.1, 0.15) is 72.1 Å². The highest BCUT2D eigenvalue weighted by Gasteiger charge is 2.08. The largest absolute Gasteiger partial charge is 0.449 e. The van der Waals surface area contributed by atoms with Crippen LogP contribution >= 0.6 is 0 Å². The van der Waals surface area contributed by atoms with E-state index in [1.54, 1.807) is 0 Å². The van der Waals surface area contributed by atoms with Gasteiger partial charge in [0.2, 0.25) is 0 Å². The molecule has 4 heteroatoms. The van der Waals surface area contributed by atoms with Crippen molar-refractivity contribution in [3.05, 3.63) is 12.7 Å². The lowest BCUT2D eigenvalue weighted by molar-refractivity contribution is -0.144. The topological polar surface area (TPSA) is 52.6 Å². The number of hydrogen-bond acceptors (Lipinski definition) is 4. The molecule has 0 saturated heterocycles. The fraction of sp³-hybridized carbons (Fsp3) is 0.619. The standard InChI is InChI=1S/C21H30O4/c1-5-7-8-9-10-11-12-16-21(25-19(4)23)17-14-13-15-20(6-2)24-18(3)22/h6,20-21H,2,5,7-12,16H2,1,3-4H3/t20-,21+/m0/s1. The Bertz CT molecular complexity index is 528. The molecule has 0 fully saturated rings. The number of hydrogen-bond donors (Lipinski definition) is 0. The molecule has 0 heterocycles. The molecule has 0 aromatic heterocycles. The Morgan fingerprint density at radius 2 is 1.48 bits per heavy atom. The zero-order valence-electron chi connectivity index (χ0n) is 15.7. The molecule has 0 aliphatic heterocycles. The van der Waals surface area contributed by atoms with Gasteiger partial charge in [-0.25, -0.2) is 0 Å². The Morgan fingerprint density at radius 3 is 2.04 bits per heavy atom. The Morgan fingerprint density at radius 1 is 0.920 bits per heavy atom. The van der Waals surface area contributed by atoms with Crippen LogP contribution in [-0.4, -0.2) is 24.1 Å². The molecule has 0 aliphatic carbocycles. The van der Waals surface area contributed by atoms with E-state index in [0.717, 1.165) is 12.8 Å². The fourth-order valence-electron chi connectivity index (χ4n) is 2.19. The van der Waals surface area contributed by atoms with Crippen LogP contribution in [0, 0.1) is 23.7 Å². The summed E-state index contributed by atoms with van der Waals surface area (Å²) in [4.78, 5) is 22.0. The molecule has 0 unspecified atom stereocenters. The highest BCUT2D eigenvalue weighted by molar-refractivity contribution is 5.67. The number of unbranched alkanes of at least 4 members (excludes halogenated alkanes) is 6. The Balaban J connectivity index is 4.38. The van der Waals surface area contributed by atoms with Gasteiger partial charge in [0.05, 0.1) is 0 Å². The average Bonchev–Trinajstić information content (AvgIpc) is 2.55. The molecule has 0 aliphatic rings. The van der Waals surface area contributed by atoms with Gasteiger partial charge in [0.25, 0.3) is 0 Å². The Kier molecular flexibility index (Phi) is 14.0. The van der Waals surface area contributed by atoms with E-state index >= 15 is 0 Å². The average molecular weight is 346 g/mol. The summed E-state index contributed by atoms with van der Waals surface area (Å²) in [6, 6.07) is 0. The molecule has 0 rings (SSSR count). The van der Waals surface area contributed by atoms with Crippen LogP contribution in [0.4, 0.5) is 0 Å². The predicted molar refractivity (Wildman–Crippen MR) is 99.5 cm³/mol. The lowest BCUT2D eigenvalue weighted by Crippen LogP contribution is -2.14. The maximum atomic E-state index is 11.2. The van der Waals surface area contributed by atoms with Gasteiger partial charge in [0.1, 0.15) is 0 Å². The van der Waals surface area contributed by atoms with Gasteiger partial charge >= 0.3 is 11.9 Å². The minimum absolute atomic E-state index is 0.348. The summed E-state index contributed by atoms with van der Waals surface area (Å²) in [5, 5.41) is 0. The molecular formula is C21H30O4. The van der Waals surface area contributed by atoms with Crippen molar-refractivity contribution in [3.8, 4) is 23.7 Å². The van der Waals surface area contributed by atoms with Crippen molar-refractivity contribution in [2.24, 2.45) is 0 Å². The van der Waals surface area contributed by atoms with Gasteiger partial charge in [-0.15, -0.1) is 0 Å². The summed E-state index contributed by atoms with van der Waals surface area (Å²) < 4.78 is 10.1. The molecule has 0 amide bonds. The van der Waals surface area contributed by atoms with Gasteiger partial charge in [0, 0.05) is 13.8 Å². The van der Waals surface area contributed by atoms with E-state index in [1.165, 1.54) is 52.0 Å². The van der Waals surface area contributed by atoms with Crippen LogP contribution in [0.25, 0.3) is 0 Å². The Hall–Kier alpha value is -2.20. The lowest BCUT2D eigenvalue weighted by atomic mass is 10.1. The van der Waals surface area contributed by atoms with Crippen LogP contribution in [0.5, 0.6) is 0 Å². The first kappa shape index (κ1) is 22.8. The molecule has 4 nitrogen and oxygen atoms in total. The fourth-order valence-corrected chi connectivity index (χ4v) is 2.19. The summed E-state index contributed by atoms with van der Waals surface area (Å²) in [6.07, 6.45) is 9.36. The number of esters is 2. The third kappa shape index (κ3) is 15.1. The van der Waals surface area contributed by atoms with Crippen molar-refractivity contribution in [2.45, 2.75) is 84.3 Å². The van der Waals surface area contributed by atoms with Crippen molar-refractivity contribution >= 4 is 11.9 Å². The van der Waals surface area contributed by atoms with E-state index in [-0.39, 0.29) is 5.97 Å². The molecule has 0 radical (unpaired) electrons. The summed E-state index contributed by atoms with van der Waals surface area (Å²) in [5.41, 5.74) is 0. The quantitative estimate of drug-likeness (QED) is 0.244. The number of carbonyl (C=O) groups excluding carboxylic acids is 2. The molecule has 25 heavy (non-hydrogen) atoms. The second kappa shape index (κ2) is 15.3. The van der Waals surface area contributed by atoms with Crippen LogP contribution in [-0.2, 0) is 19.1 Å². The van der Waals surface area contributed by atoms with E-state index in [2.05, 4.69) is 37.2 Å². The minimum Gasteiger partial charge on any atom is -0.449 e. The first-order valence-electron chi connectivity index (χ1n) is 8.97. The predicted octanol–water partition coefficient (Wildman–Crippen LogP) is 4.18. The first-order chi connectivity index (χ1) is 12.0. The minimum atomic E-state index is -0.679. The van der Waals surface area contributed by atoms with Gasteiger partial charge in [-0.2, -0.15) is 0 Å². The second-order valence-corrected chi connectivity index (χ2v) is 5.81. The van der Waals surface area contributed by atoms with E-state index in [1.807, 2.05) is 0 Å². The third-order valence-corrected chi connectivity index (χ3v) is 3.40. The maximum absolute atomic E-state index is 11.2. The highest BCUT2D eigenvalue weighted by atomic mass is 16.5. The number of rotatable bonds is 11. The van der Waals surface area contributed by atoms with Crippen molar-refractivity contribution in [1.82, 2.24) is 0 Å². The van der Waals surface area contributed by atoms with Crippen molar-refractivity contribution < 1.29 is 19.1 Å². The van der Waals surface area contributed by atoms with Gasteiger partial charge in [0.15, 0.2) is 12.2 Å². The highest BCUT2D eigenvalue weighted by Crippen LogP contribution is 2.11. The molecule has 0 bridgehead atoms. The second-order valence-electron chi connectivity index (χ2n) is 5.81. The van der Waals surface area contributed by atoms with Gasteiger partial charge < -0.3 is 9.47 Å². The number of carbonyl (C=O) groups is 2. The van der Waals surface area contributed by atoms with Crippen LogP contribution in [0.3, 0.4) is 0 Å². The monoisotopic (exact) mass is 346 g/mol. The SMILES string of the molecule is C=C[C@@H](C#CC#C[C@@H](CCCCCCCCC)OC(C)=O)OC(C)=O. The Labute approximate surface area is 152 Å². The van der Waals surface area contributed by atoms with E-state index < -0.39 is 18.2 Å². The number of ether oxygens (including phenoxy) is 2. The first-order valence-corrected chi connectivity index (χ1v) is 8.97. The van der Waals surface area contributed by atoms with Gasteiger partial charge in [-0.1, -0.05) is 52.0 Å².